The van der Waals surface area contributed by atoms with Crippen LogP contribution in [-0.2, 0) is 23.7 Å². The molecule has 1 saturated heterocycles. The Morgan fingerprint density at radius 1 is 0.725 bits per heavy atom. The van der Waals surface area contributed by atoms with Crippen LogP contribution in [0.3, 0.4) is 0 Å². The van der Waals surface area contributed by atoms with E-state index in [2.05, 4.69) is 10.5 Å². The highest BCUT2D eigenvalue weighted by Gasteiger charge is 2.52. The summed E-state index contributed by atoms with van der Waals surface area (Å²) in [5, 5.41) is 4.12. The van der Waals surface area contributed by atoms with Crippen LogP contribution in [0.5, 0.6) is 0 Å². The van der Waals surface area contributed by atoms with Crippen molar-refractivity contribution < 1.29 is 38.1 Å². The Morgan fingerprint density at radius 3 is 1.73 bits per heavy atom. The molecule has 3 aromatic rings. The molecule has 2 aliphatic rings. The minimum Gasteiger partial charge on any atom is -0.459 e. The number of benzene rings is 3. The summed E-state index contributed by atoms with van der Waals surface area (Å²) in [6, 6.07) is 25.1. The van der Waals surface area contributed by atoms with Gasteiger partial charge in [0, 0.05) is 6.42 Å². The molecule has 2 aliphatic heterocycles. The van der Waals surface area contributed by atoms with Crippen molar-refractivity contribution >= 4 is 29.5 Å². The molecule has 1 amide bonds. The zero-order valence-electron chi connectivity index (χ0n) is 21.3. The molecular weight excluding hydrogens is 516 g/mol. The van der Waals surface area contributed by atoms with Crippen molar-refractivity contribution in [3.05, 3.63) is 108 Å². The zero-order valence-corrected chi connectivity index (χ0v) is 21.3. The lowest BCUT2D eigenvalue weighted by molar-refractivity contribution is -0.121. The van der Waals surface area contributed by atoms with Crippen molar-refractivity contribution in [2.45, 2.75) is 37.3 Å². The van der Waals surface area contributed by atoms with Crippen LogP contribution in [0, 0.1) is 0 Å². The number of esters is 3. The van der Waals surface area contributed by atoms with E-state index in [1.807, 2.05) is 0 Å². The highest BCUT2D eigenvalue weighted by atomic mass is 16.6. The highest BCUT2D eigenvalue weighted by molar-refractivity contribution is 5.97. The Kier molecular flexibility index (Phi) is 8.26. The number of carbonyl (C=O) groups is 4. The molecule has 1 fully saturated rings. The molecule has 204 valence electrons. The zero-order chi connectivity index (χ0) is 27.9. The first kappa shape index (κ1) is 26.8. The number of hydrogen-bond donors (Lipinski definition) is 1. The van der Waals surface area contributed by atoms with Crippen molar-refractivity contribution in [1.29, 1.82) is 0 Å². The molecule has 4 atom stereocenters. The van der Waals surface area contributed by atoms with Gasteiger partial charge in [-0.25, -0.2) is 19.8 Å². The second-order valence-electron chi connectivity index (χ2n) is 9.17. The van der Waals surface area contributed by atoms with Crippen LogP contribution in [-0.4, -0.2) is 60.5 Å². The molecule has 0 spiro atoms. The normalized spacial score (nSPS) is 22.0. The van der Waals surface area contributed by atoms with Gasteiger partial charge in [0.1, 0.15) is 18.8 Å². The van der Waals surface area contributed by atoms with Gasteiger partial charge in [-0.2, -0.15) is 5.10 Å². The number of ether oxygens (including phenoxy) is 4. The van der Waals surface area contributed by atoms with Gasteiger partial charge in [-0.05, 0) is 42.8 Å². The molecule has 0 unspecified atom stereocenters. The lowest BCUT2D eigenvalue weighted by Gasteiger charge is -2.25. The summed E-state index contributed by atoms with van der Waals surface area (Å²) < 4.78 is 23.5. The number of nitrogens with zero attached hydrogens (tertiary/aromatic N) is 1. The van der Waals surface area contributed by atoms with Gasteiger partial charge in [-0.1, -0.05) is 54.6 Å². The minimum absolute atomic E-state index is 0.153. The molecule has 10 nitrogen and oxygen atoms in total. The Balaban J connectivity index is 1.44. The van der Waals surface area contributed by atoms with E-state index < -0.39 is 42.3 Å². The fourth-order valence-electron chi connectivity index (χ4n) is 4.44. The number of hydrazone groups is 1. The predicted molar refractivity (Wildman–Crippen MR) is 141 cm³/mol. The van der Waals surface area contributed by atoms with Crippen molar-refractivity contribution in [2.75, 3.05) is 6.61 Å². The number of rotatable bonds is 8. The number of hydrogen-bond acceptors (Lipinski definition) is 9. The quantitative estimate of drug-likeness (QED) is 0.339. The second kappa shape index (κ2) is 12.4. The monoisotopic (exact) mass is 542 g/mol. The van der Waals surface area contributed by atoms with Crippen molar-refractivity contribution in [3.63, 3.8) is 0 Å². The maximum atomic E-state index is 13.1. The van der Waals surface area contributed by atoms with E-state index >= 15 is 0 Å². The first-order valence-electron chi connectivity index (χ1n) is 12.7. The summed E-state index contributed by atoms with van der Waals surface area (Å²) >= 11 is 0. The van der Waals surface area contributed by atoms with Crippen molar-refractivity contribution in [3.8, 4) is 0 Å². The third kappa shape index (κ3) is 6.24. The molecule has 0 aromatic heterocycles. The van der Waals surface area contributed by atoms with Crippen LogP contribution in [0.4, 0.5) is 0 Å². The van der Waals surface area contributed by atoms with Crippen LogP contribution in [0.2, 0.25) is 0 Å². The second-order valence-corrected chi connectivity index (χ2v) is 9.17. The van der Waals surface area contributed by atoms with E-state index in [1.54, 1.807) is 91.0 Å². The molecule has 1 N–H and O–H groups in total. The lowest BCUT2D eigenvalue weighted by atomic mass is 10.00. The smallest absolute Gasteiger partial charge is 0.338 e. The summed E-state index contributed by atoms with van der Waals surface area (Å²) in [6.07, 6.45) is -3.88. The first-order chi connectivity index (χ1) is 19.5. The molecule has 10 heteroatoms. The third-order valence-electron chi connectivity index (χ3n) is 6.46. The lowest BCUT2D eigenvalue weighted by Crippen LogP contribution is -2.45. The number of carbonyl (C=O) groups excluding carboxylic acids is 4. The topological polar surface area (TPSA) is 130 Å². The Hall–Kier alpha value is -4.83. The average Bonchev–Trinajstić information content (AvgIpc) is 3.33. The molecule has 0 aliphatic carbocycles. The Labute approximate surface area is 229 Å². The van der Waals surface area contributed by atoms with Crippen LogP contribution in [0.25, 0.3) is 0 Å². The number of nitrogens with one attached hydrogen (secondary N) is 1. The van der Waals surface area contributed by atoms with Gasteiger partial charge < -0.3 is 18.9 Å². The fourth-order valence-corrected chi connectivity index (χ4v) is 4.44. The maximum Gasteiger partial charge on any atom is 0.338 e. The van der Waals surface area contributed by atoms with Crippen molar-refractivity contribution in [1.82, 2.24) is 5.43 Å². The van der Waals surface area contributed by atoms with Gasteiger partial charge in [-0.3, -0.25) is 4.79 Å². The van der Waals surface area contributed by atoms with E-state index in [-0.39, 0.29) is 36.5 Å². The van der Waals surface area contributed by atoms with Gasteiger partial charge in [0.25, 0.3) is 0 Å². The summed E-state index contributed by atoms with van der Waals surface area (Å²) in [7, 11) is 0. The van der Waals surface area contributed by atoms with Crippen LogP contribution < -0.4 is 5.43 Å². The minimum atomic E-state index is -1.16. The maximum absolute atomic E-state index is 13.1. The van der Waals surface area contributed by atoms with Crippen LogP contribution >= 0.6 is 0 Å². The third-order valence-corrected chi connectivity index (χ3v) is 6.46. The summed E-state index contributed by atoms with van der Waals surface area (Å²) in [5.41, 5.74) is 3.72. The van der Waals surface area contributed by atoms with Gasteiger partial charge in [0.2, 0.25) is 5.91 Å². The standard InChI is InChI=1S/C30H26N2O8/c33-24-17-16-22(31-32-24)25-27(40-30(36)21-14-8-3-9-15-21)26(39-29(35)20-12-6-2-7-13-20)23(38-25)18-37-28(34)19-10-4-1-5-11-19/h1-15,23,25-27H,16-18H2,(H,32,33)/t23-,25-,26-,27+/m1/s1. The fraction of sp³-hybridized carbons (Fsp3) is 0.233. The molecule has 40 heavy (non-hydrogen) atoms. The largest absolute Gasteiger partial charge is 0.459 e. The molecule has 5 rings (SSSR count). The molecule has 0 radical (unpaired) electrons. The van der Waals surface area contributed by atoms with E-state index in [1.165, 1.54) is 0 Å². The molecule has 2 heterocycles. The summed E-state index contributed by atoms with van der Waals surface area (Å²) in [6.45, 7) is -0.296. The van der Waals surface area contributed by atoms with E-state index in [9.17, 15) is 19.2 Å². The van der Waals surface area contributed by atoms with Gasteiger partial charge in [0.15, 0.2) is 12.2 Å². The summed E-state index contributed by atoms with van der Waals surface area (Å²) in [5.74, 6) is -2.20. The van der Waals surface area contributed by atoms with Crippen LogP contribution in [0.15, 0.2) is 96.1 Å². The molecule has 0 saturated carbocycles. The SMILES string of the molecule is O=C1CCC([C@H]2O[C@H](COC(=O)c3ccccc3)[C@@H](OC(=O)c3ccccc3)[C@H]2OC(=O)c2ccccc2)=NN1. The predicted octanol–water partition coefficient (Wildman–Crippen LogP) is 3.33. The Morgan fingerprint density at radius 2 is 1.23 bits per heavy atom. The highest BCUT2D eigenvalue weighted by Crippen LogP contribution is 2.31. The average molecular weight is 543 g/mol. The van der Waals surface area contributed by atoms with E-state index in [4.69, 9.17) is 18.9 Å². The van der Waals surface area contributed by atoms with Gasteiger partial charge in [-0.15, -0.1) is 0 Å². The van der Waals surface area contributed by atoms with Crippen molar-refractivity contribution in [2.24, 2.45) is 5.10 Å². The van der Waals surface area contributed by atoms with Gasteiger partial charge >= 0.3 is 17.9 Å². The summed E-state index contributed by atoms with van der Waals surface area (Å²) in [4.78, 5) is 50.7. The molecule has 0 bridgehead atoms. The van der Waals surface area contributed by atoms with Crippen LogP contribution in [0.1, 0.15) is 43.9 Å². The van der Waals surface area contributed by atoms with E-state index in [0.717, 1.165) is 0 Å². The van der Waals surface area contributed by atoms with E-state index in [0.29, 0.717) is 11.3 Å². The first-order valence-corrected chi connectivity index (χ1v) is 12.7. The molecular formula is C30H26N2O8. The molecule has 3 aromatic carbocycles. The van der Waals surface area contributed by atoms with Gasteiger partial charge in [0.05, 0.1) is 22.4 Å². The Bertz CT molecular complexity index is 1390. The number of amides is 1.